The lowest BCUT2D eigenvalue weighted by molar-refractivity contribution is -0.0769. The summed E-state index contributed by atoms with van der Waals surface area (Å²) < 4.78 is 49.2. The molecular formula is C82H188O14Si9. The molecule has 0 bridgehead atoms. The standard InChI is InChI=1S/C35H76O4Si2.C25H60O5Si4.C22H52O5Si3/c1-29(2)19-40(20-30(3)4,21-31(5)6)17-13-15-38-27-35(25-36,26-37)28-39-16-14-18-41(22-32(7)8,23-33(9)10)24-34(11)12;1-11-34(12-2,13-3)19-15-17-29-23-25(20-26,21-27)22-28-16-14-18-33(10,24-31(4,5)6)30-32(7,8)9;1-9-30(10-2,11-3)17-13-15-26-21-22(18-23,19-24)20-25-14-12-16-29(7,8)27-28(4,5)6/h29-34,36-37H,13-28H2,1-12H3;26-27H,11-24H2,1-10H3;23-24H,9-21H2,1-8H3. The highest BCUT2D eigenvalue weighted by Gasteiger charge is 2.41. The number of aliphatic hydroxyl groups is 6. The molecule has 105 heavy (non-hydrogen) atoms. The Labute approximate surface area is 663 Å². The normalized spacial score (nSPS) is 14.3. The SMILES string of the molecule is CC(C)C[Si](CCCOCC(CO)(CO)COCCC[Si](CC(C)C)(CC(C)C)CC(C)C)(CC(C)C)CC(C)C.CC[Si](CC)(CC)CCCOCC(CO)(CO)COCCC[Si](C)(C)O[Si](C)(C)C.CC[Si](CC)(CC)CCCOCC(CO)(CO)COCCC[Si](C)(C[Si](C)(C)C)O[Si](C)(C)C. The minimum absolute atomic E-state index is 0.108. The van der Waals surface area contributed by atoms with E-state index in [4.69, 9.17) is 36.7 Å². The van der Waals surface area contributed by atoms with E-state index >= 15 is 0 Å². The van der Waals surface area contributed by atoms with Crippen molar-refractivity contribution < 1.29 is 67.3 Å². The summed E-state index contributed by atoms with van der Waals surface area (Å²) in [5, 5.41) is 60.2. The van der Waals surface area contributed by atoms with Gasteiger partial charge in [0, 0.05) is 47.7 Å². The Kier molecular flexibility index (Phi) is 59.6. The van der Waals surface area contributed by atoms with Gasteiger partial charge in [-0.25, -0.2) is 0 Å². The van der Waals surface area contributed by atoms with Gasteiger partial charge in [-0.3, -0.25) is 0 Å². The second-order valence-corrected chi connectivity index (χ2v) is 85.2. The van der Waals surface area contributed by atoms with Gasteiger partial charge < -0.3 is 67.3 Å². The zero-order valence-corrected chi connectivity index (χ0v) is 84.8. The van der Waals surface area contributed by atoms with Crippen molar-refractivity contribution in [3.63, 3.8) is 0 Å². The van der Waals surface area contributed by atoms with Crippen LogP contribution in [0, 0.1) is 51.8 Å². The monoisotopic (exact) mass is 1650 g/mol. The van der Waals surface area contributed by atoms with Crippen LogP contribution < -0.4 is 0 Å². The molecular weight excluding hydrogens is 1460 g/mol. The second kappa shape index (κ2) is 56.6. The molecule has 0 saturated carbocycles. The van der Waals surface area contributed by atoms with Crippen molar-refractivity contribution in [1.29, 1.82) is 0 Å². The summed E-state index contributed by atoms with van der Waals surface area (Å²) in [5.41, 5.74) is -0.864. The van der Waals surface area contributed by atoms with E-state index in [0.717, 1.165) is 86.1 Å². The largest absolute Gasteiger partial charge is 0.456 e. The molecule has 0 aromatic heterocycles. The molecule has 0 amide bonds. The van der Waals surface area contributed by atoms with Crippen molar-refractivity contribution in [1.82, 2.24) is 0 Å². The zero-order valence-electron chi connectivity index (χ0n) is 75.8. The van der Waals surface area contributed by atoms with Crippen LogP contribution in [0.25, 0.3) is 0 Å². The third-order valence-electron chi connectivity index (χ3n) is 22.1. The molecule has 14 nitrogen and oxygen atoms in total. The Morgan fingerprint density at radius 2 is 0.467 bits per heavy atom. The van der Waals surface area contributed by atoms with Crippen molar-refractivity contribution in [3.8, 4) is 0 Å². The van der Waals surface area contributed by atoms with Gasteiger partial charge in [-0.15, -0.1) is 0 Å². The predicted molar refractivity (Wildman–Crippen MR) is 481 cm³/mol. The molecule has 1 unspecified atom stereocenters. The summed E-state index contributed by atoms with van der Waals surface area (Å²) >= 11 is 0. The molecule has 0 aromatic carbocycles. The van der Waals surface area contributed by atoms with Gasteiger partial charge in [0.1, 0.15) is 0 Å². The molecule has 0 saturated heterocycles. The van der Waals surface area contributed by atoms with Crippen molar-refractivity contribution >= 4 is 73.6 Å². The lowest BCUT2D eigenvalue weighted by atomic mass is 9.92. The van der Waals surface area contributed by atoms with Crippen LogP contribution >= 0.6 is 0 Å². The highest BCUT2D eigenvalue weighted by Crippen LogP contribution is 2.39. The highest BCUT2D eigenvalue weighted by atomic mass is 28.5. The van der Waals surface area contributed by atoms with E-state index in [1.807, 2.05) is 0 Å². The fraction of sp³-hybridized carbons (Fsp3) is 1.00. The average Bonchev–Trinajstić information content (AvgIpc) is 1.12. The van der Waals surface area contributed by atoms with Crippen LogP contribution in [0.15, 0.2) is 0 Å². The molecule has 636 valence electrons. The maximum Gasteiger partial charge on any atom is 0.174 e. The number of hydrogen-bond acceptors (Lipinski definition) is 14. The Hall–Kier alpha value is 1.39. The van der Waals surface area contributed by atoms with E-state index in [1.54, 1.807) is 0 Å². The maximum atomic E-state index is 10.2. The summed E-state index contributed by atoms with van der Waals surface area (Å²) in [6, 6.07) is 23.9. The molecule has 0 rings (SSSR count). The molecule has 0 fully saturated rings. The van der Waals surface area contributed by atoms with Gasteiger partial charge in [-0.05, 0) is 151 Å². The Bertz CT molecular complexity index is 1900. The second-order valence-electron chi connectivity index (χ2n) is 40.5. The average molecular weight is 1650 g/mol. The topological polar surface area (TPSA) is 195 Å². The maximum absolute atomic E-state index is 10.2. The number of aliphatic hydroxyl groups excluding tert-OH is 6. The fourth-order valence-electron chi connectivity index (χ4n) is 17.7. The van der Waals surface area contributed by atoms with E-state index < -0.39 is 89.9 Å². The van der Waals surface area contributed by atoms with Gasteiger partial charge in [-0.1, -0.05) is 241 Å². The minimum Gasteiger partial charge on any atom is -0.456 e. The van der Waals surface area contributed by atoms with Gasteiger partial charge in [0.05, 0.1) is 128 Å². The molecule has 6 N–H and O–H groups in total. The van der Waals surface area contributed by atoms with Gasteiger partial charge in [0.2, 0.25) is 0 Å². The van der Waals surface area contributed by atoms with Crippen LogP contribution in [0.3, 0.4) is 0 Å². The molecule has 0 aliphatic carbocycles. The summed E-state index contributed by atoms with van der Waals surface area (Å²) in [6.07, 6.45) is 6.25. The third-order valence-corrected chi connectivity index (χ3v) is 66.1. The zero-order chi connectivity index (χ0) is 81.5. The number of ether oxygens (including phenoxy) is 6. The van der Waals surface area contributed by atoms with E-state index in [2.05, 4.69) is 203 Å². The predicted octanol–water partition coefficient (Wildman–Crippen LogP) is 21.5. The van der Waals surface area contributed by atoms with Gasteiger partial charge >= 0.3 is 0 Å². The first-order chi connectivity index (χ1) is 48.6. The van der Waals surface area contributed by atoms with Crippen LogP contribution in [0.2, 0.25) is 193 Å². The molecule has 0 spiro atoms. The Morgan fingerprint density at radius 3 is 0.648 bits per heavy atom. The first-order valence-electron chi connectivity index (χ1n) is 43.1. The third kappa shape index (κ3) is 53.3. The van der Waals surface area contributed by atoms with Gasteiger partial charge in [0.25, 0.3) is 0 Å². The van der Waals surface area contributed by atoms with Crippen LogP contribution in [0.5, 0.6) is 0 Å². The lowest BCUT2D eigenvalue weighted by Crippen LogP contribution is -2.49. The van der Waals surface area contributed by atoms with Crippen LogP contribution in [0.4, 0.5) is 0 Å². The van der Waals surface area contributed by atoms with Crippen molar-refractivity contribution in [2.45, 2.75) is 356 Å². The quantitative estimate of drug-likeness (QED) is 0.0249. The molecule has 23 heteroatoms. The molecule has 0 aliphatic heterocycles. The molecule has 0 heterocycles. The van der Waals surface area contributed by atoms with Crippen LogP contribution in [-0.4, -0.2) is 223 Å². The Balaban J connectivity index is -0.00000151. The van der Waals surface area contributed by atoms with Crippen LogP contribution in [0.1, 0.15) is 163 Å². The van der Waals surface area contributed by atoms with Crippen molar-refractivity contribution in [3.05, 3.63) is 0 Å². The highest BCUT2D eigenvalue weighted by molar-refractivity contribution is 6.96. The molecule has 0 aromatic rings. The lowest BCUT2D eigenvalue weighted by Gasteiger charge is -2.38. The van der Waals surface area contributed by atoms with Crippen molar-refractivity contribution in [2.24, 2.45) is 51.8 Å². The van der Waals surface area contributed by atoms with E-state index in [9.17, 15) is 30.6 Å². The summed E-state index contributed by atoms with van der Waals surface area (Å²) in [4.78, 5) is 0. The molecule has 1 atom stereocenters. The number of rotatable bonds is 66. The van der Waals surface area contributed by atoms with Gasteiger partial charge in [0.15, 0.2) is 33.3 Å². The summed E-state index contributed by atoms with van der Waals surface area (Å²) in [6.45, 7) is 76.0. The minimum atomic E-state index is -1.76. The van der Waals surface area contributed by atoms with E-state index in [-0.39, 0.29) is 39.6 Å². The summed E-state index contributed by atoms with van der Waals surface area (Å²) in [7, 11) is -12.7. The van der Waals surface area contributed by atoms with E-state index in [0.29, 0.717) is 79.3 Å². The van der Waals surface area contributed by atoms with Crippen molar-refractivity contribution in [2.75, 3.05) is 119 Å². The molecule has 0 aliphatic rings. The molecule has 0 radical (unpaired) electrons. The smallest absolute Gasteiger partial charge is 0.174 e. The summed E-state index contributed by atoms with van der Waals surface area (Å²) in [5.74, 6) is 4.51. The fourth-order valence-corrected chi connectivity index (χ4v) is 64.9. The Morgan fingerprint density at radius 1 is 0.267 bits per heavy atom. The van der Waals surface area contributed by atoms with E-state index in [1.165, 1.54) is 102 Å². The van der Waals surface area contributed by atoms with Gasteiger partial charge in [-0.2, -0.15) is 0 Å². The number of hydrogen-bond donors (Lipinski definition) is 6. The first-order valence-corrected chi connectivity index (χ1v) is 70.9. The van der Waals surface area contributed by atoms with Crippen LogP contribution in [-0.2, 0) is 36.7 Å². The first kappa shape index (κ1) is 111.